The molecule has 0 amide bonds. The Morgan fingerprint density at radius 1 is 0.840 bits per heavy atom. The van der Waals surface area contributed by atoms with Gasteiger partial charge in [0.1, 0.15) is 0 Å². The highest BCUT2D eigenvalue weighted by Crippen LogP contribution is 2.31. The van der Waals surface area contributed by atoms with Crippen molar-refractivity contribution >= 4 is 46.2 Å². The third-order valence-corrected chi connectivity index (χ3v) is 4.26. The summed E-state index contributed by atoms with van der Waals surface area (Å²) in [5, 5.41) is 0. The van der Waals surface area contributed by atoms with Crippen molar-refractivity contribution in [3.05, 3.63) is 90.1 Å². The first-order chi connectivity index (χ1) is 11.9. The van der Waals surface area contributed by atoms with Crippen molar-refractivity contribution in [2.24, 2.45) is 0 Å². The fourth-order valence-electron chi connectivity index (χ4n) is 2.49. The number of aromatic amines is 1. The number of aromatic nitrogens is 1. The van der Waals surface area contributed by atoms with Crippen molar-refractivity contribution in [3.8, 4) is 11.3 Å². The van der Waals surface area contributed by atoms with Crippen LogP contribution < -0.4 is 0 Å². The highest BCUT2D eigenvalue weighted by Gasteiger charge is 2.29. The van der Waals surface area contributed by atoms with Crippen LogP contribution in [-0.4, -0.2) is 14.6 Å². The Hall–Kier alpha value is -2.00. The molecule has 2 nitrogen and oxygen atoms in total. The molecule has 0 saturated heterocycles. The van der Waals surface area contributed by atoms with Gasteiger partial charge in [-0.25, -0.2) is 0 Å². The molecule has 0 unspecified atom stereocenters. The summed E-state index contributed by atoms with van der Waals surface area (Å²) in [4.78, 5) is 15.5. The van der Waals surface area contributed by atoms with Crippen LogP contribution in [0.2, 0.25) is 0 Å². The Labute approximate surface area is 161 Å². The summed E-state index contributed by atoms with van der Waals surface area (Å²) in [6, 6.07) is 23.3. The van der Waals surface area contributed by atoms with Crippen LogP contribution in [0.5, 0.6) is 0 Å². The number of allylic oxidation sites excluding steroid dienone is 1. The third-order valence-electron chi connectivity index (χ3n) is 3.70. The van der Waals surface area contributed by atoms with Crippen LogP contribution in [0.15, 0.2) is 78.9 Å². The fraction of sp³-hybridized carbons (Fsp3) is 0.0500. The van der Waals surface area contributed by atoms with Gasteiger partial charge in [0.2, 0.25) is 5.78 Å². The Balaban J connectivity index is 2.06. The van der Waals surface area contributed by atoms with Crippen molar-refractivity contribution in [2.75, 3.05) is 0 Å². The summed E-state index contributed by atoms with van der Waals surface area (Å²) in [6.07, 6.45) is 1.36. The molecule has 25 heavy (non-hydrogen) atoms. The van der Waals surface area contributed by atoms with E-state index < -0.39 is 9.58 Å². The van der Waals surface area contributed by atoms with E-state index in [0.29, 0.717) is 5.57 Å². The van der Waals surface area contributed by atoms with Crippen LogP contribution in [-0.2, 0) is 4.79 Å². The first-order valence-corrected chi connectivity index (χ1v) is 8.71. The Kier molecular flexibility index (Phi) is 5.33. The molecule has 0 radical (unpaired) electrons. The summed E-state index contributed by atoms with van der Waals surface area (Å²) in [5.74, 6) is -0.591. The van der Waals surface area contributed by atoms with Crippen LogP contribution in [0.4, 0.5) is 0 Å². The molecule has 1 N–H and O–H groups in total. The van der Waals surface area contributed by atoms with Gasteiger partial charge < -0.3 is 4.98 Å². The lowest BCUT2D eigenvalue weighted by atomic mass is 10.0. The topological polar surface area (TPSA) is 32.9 Å². The zero-order valence-corrected chi connectivity index (χ0v) is 15.3. The number of halogens is 3. The van der Waals surface area contributed by atoms with Crippen molar-refractivity contribution in [3.63, 3.8) is 0 Å². The smallest absolute Gasteiger partial charge is 0.252 e. The van der Waals surface area contributed by atoms with Crippen LogP contribution in [0.25, 0.3) is 16.8 Å². The van der Waals surface area contributed by atoms with E-state index in [1.807, 2.05) is 72.8 Å². The van der Waals surface area contributed by atoms with E-state index in [2.05, 4.69) is 4.98 Å². The molecular formula is C20H14Cl3NO. The standard InChI is InChI=1S/C20H14Cl3NO/c21-20(22,23)19(25)13-16(14-7-3-1-4-8-14)18-12-11-17(24-18)15-9-5-2-6-10-15/h1-13,24H. The number of hydrogen-bond donors (Lipinski definition) is 1. The lowest BCUT2D eigenvalue weighted by Gasteiger charge is -2.10. The predicted molar refractivity (Wildman–Crippen MR) is 105 cm³/mol. The van der Waals surface area contributed by atoms with Gasteiger partial charge in [-0.15, -0.1) is 0 Å². The van der Waals surface area contributed by atoms with E-state index in [1.165, 1.54) is 6.08 Å². The molecule has 5 heteroatoms. The van der Waals surface area contributed by atoms with Crippen molar-refractivity contribution in [2.45, 2.75) is 3.79 Å². The average Bonchev–Trinajstić information content (AvgIpc) is 3.10. The lowest BCUT2D eigenvalue weighted by molar-refractivity contribution is -0.113. The minimum atomic E-state index is -1.99. The van der Waals surface area contributed by atoms with E-state index in [9.17, 15) is 4.79 Å². The van der Waals surface area contributed by atoms with E-state index >= 15 is 0 Å². The largest absolute Gasteiger partial charge is 0.355 e. The summed E-state index contributed by atoms with van der Waals surface area (Å²) in [7, 11) is 0. The SMILES string of the molecule is O=C(C=C(c1ccccc1)c1ccc(-c2ccccc2)[nH]1)C(Cl)(Cl)Cl. The Morgan fingerprint density at radius 2 is 1.44 bits per heavy atom. The van der Waals surface area contributed by atoms with E-state index in [1.54, 1.807) is 0 Å². The maximum atomic E-state index is 12.2. The zero-order chi connectivity index (χ0) is 17.9. The second-order valence-electron chi connectivity index (χ2n) is 5.44. The maximum absolute atomic E-state index is 12.2. The molecule has 0 aliphatic carbocycles. The van der Waals surface area contributed by atoms with Crippen molar-refractivity contribution < 1.29 is 4.79 Å². The molecule has 3 aromatic rings. The second kappa shape index (κ2) is 7.49. The summed E-state index contributed by atoms with van der Waals surface area (Å²) < 4.78 is -1.99. The molecule has 2 aromatic carbocycles. The van der Waals surface area contributed by atoms with Crippen LogP contribution in [0, 0.1) is 0 Å². The van der Waals surface area contributed by atoms with Crippen LogP contribution in [0.3, 0.4) is 0 Å². The van der Waals surface area contributed by atoms with Gasteiger partial charge >= 0.3 is 0 Å². The van der Waals surface area contributed by atoms with Gasteiger partial charge in [0, 0.05) is 17.0 Å². The number of H-pyrrole nitrogens is 1. The molecular weight excluding hydrogens is 377 g/mol. The van der Waals surface area contributed by atoms with Crippen molar-refractivity contribution in [1.82, 2.24) is 4.98 Å². The maximum Gasteiger partial charge on any atom is 0.252 e. The zero-order valence-electron chi connectivity index (χ0n) is 13.0. The Morgan fingerprint density at radius 3 is 2.04 bits per heavy atom. The highest BCUT2D eigenvalue weighted by molar-refractivity contribution is 6.77. The van der Waals surface area contributed by atoms with Gasteiger partial charge in [-0.3, -0.25) is 4.79 Å². The molecule has 126 valence electrons. The van der Waals surface area contributed by atoms with Gasteiger partial charge in [0.15, 0.2) is 0 Å². The quantitative estimate of drug-likeness (QED) is 0.427. The summed E-state index contributed by atoms with van der Waals surface area (Å²) in [5.41, 5.74) is 4.28. The van der Waals surface area contributed by atoms with Gasteiger partial charge in [-0.05, 0) is 29.3 Å². The summed E-state index contributed by atoms with van der Waals surface area (Å²) in [6.45, 7) is 0. The number of carbonyl (C=O) groups excluding carboxylic acids is 1. The highest BCUT2D eigenvalue weighted by atomic mass is 35.6. The molecule has 1 aromatic heterocycles. The number of hydrogen-bond acceptors (Lipinski definition) is 1. The monoisotopic (exact) mass is 389 g/mol. The van der Waals surface area contributed by atoms with Crippen LogP contribution >= 0.6 is 34.8 Å². The minimum Gasteiger partial charge on any atom is -0.355 e. The van der Waals surface area contributed by atoms with Gasteiger partial charge in [-0.1, -0.05) is 95.5 Å². The van der Waals surface area contributed by atoms with E-state index in [4.69, 9.17) is 34.8 Å². The second-order valence-corrected chi connectivity index (χ2v) is 7.72. The number of benzene rings is 2. The number of nitrogens with one attached hydrogen (secondary N) is 1. The number of ketones is 1. The molecule has 0 spiro atoms. The first kappa shape index (κ1) is 17.8. The fourth-order valence-corrected chi connectivity index (χ4v) is 2.65. The number of alkyl halides is 3. The number of carbonyl (C=O) groups is 1. The van der Waals surface area contributed by atoms with Gasteiger partial charge in [-0.2, -0.15) is 0 Å². The Bertz CT molecular complexity index is 893. The molecule has 0 aliphatic heterocycles. The molecule has 0 saturated carbocycles. The van der Waals surface area contributed by atoms with Gasteiger partial charge in [0.25, 0.3) is 3.79 Å². The normalized spacial score (nSPS) is 12.2. The number of rotatable bonds is 4. The minimum absolute atomic E-state index is 0.591. The van der Waals surface area contributed by atoms with E-state index in [0.717, 1.165) is 22.5 Å². The molecule has 0 aliphatic rings. The molecule has 1 heterocycles. The molecule has 0 atom stereocenters. The van der Waals surface area contributed by atoms with Crippen molar-refractivity contribution in [1.29, 1.82) is 0 Å². The predicted octanol–water partition coefficient (Wildman–Crippen LogP) is 6.05. The van der Waals surface area contributed by atoms with Gasteiger partial charge in [0.05, 0.1) is 0 Å². The summed E-state index contributed by atoms with van der Waals surface area (Å²) >= 11 is 17.2. The van der Waals surface area contributed by atoms with Crippen LogP contribution in [0.1, 0.15) is 11.3 Å². The molecule has 0 fully saturated rings. The lowest BCUT2D eigenvalue weighted by Crippen LogP contribution is -2.16. The molecule has 0 bridgehead atoms. The third kappa shape index (κ3) is 4.35. The van der Waals surface area contributed by atoms with E-state index in [-0.39, 0.29) is 0 Å². The first-order valence-electron chi connectivity index (χ1n) is 7.58. The molecule has 3 rings (SSSR count). The average molecular weight is 391 g/mol.